The molecule has 0 saturated carbocycles. The number of carbonyl (C=O) groups is 1. The number of ether oxygens (including phenoxy) is 2. The lowest BCUT2D eigenvalue weighted by atomic mass is 10.00. The lowest BCUT2D eigenvalue weighted by molar-refractivity contribution is 0.0646. The standard InChI is InChI=1S/C21H23N3O4S/c1-21(2,3)23(4)20(26)18-14-10-28-16-9-17(27-5)15(25)8-13(16)19(14)24(22-18)12-6-7-29-11-12/h6-9,11,25H,10H2,1-5H3. The first-order chi connectivity index (χ1) is 13.7. The number of fused-ring (bicyclic) bond motifs is 3. The highest BCUT2D eigenvalue weighted by Crippen LogP contribution is 2.45. The van der Waals surface area contributed by atoms with E-state index in [1.165, 1.54) is 7.11 Å². The molecule has 0 spiro atoms. The Hall–Kier alpha value is -3.00. The van der Waals surface area contributed by atoms with Gasteiger partial charge in [-0.2, -0.15) is 16.4 Å². The van der Waals surface area contributed by atoms with E-state index in [2.05, 4.69) is 5.10 Å². The molecule has 0 bridgehead atoms. The van der Waals surface area contributed by atoms with Gasteiger partial charge in [-0.3, -0.25) is 4.79 Å². The van der Waals surface area contributed by atoms with Gasteiger partial charge in [-0.1, -0.05) is 0 Å². The summed E-state index contributed by atoms with van der Waals surface area (Å²) in [6, 6.07) is 5.19. The molecule has 0 aliphatic carbocycles. The number of carbonyl (C=O) groups excluding carboxylic acids is 1. The molecular formula is C21H23N3O4S. The Balaban J connectivity index is 1.95. The number of phenolic OH excluding ortho intramolecular Hbond substituents is 1. The summed E-state index contributed by atoms with van der Waals surface area (Å²) in [5.41, 5.74) is 2.97. The summed E-state index contributed by atoms with van der Waals surface area (Å²) in [7, 11) is 3.26. The molecule has 3 heterocycles. The number of amides is 1. The Kier molecular flexibility index (Phi) is 4.53. The van der Waals surface area contributed by atoms with Gasteiger partial charge >= 0.3 is 0 Å². The van der Waals surface area contributed by atoms with Crippen molar-refractivity contribution in [2.75, 3.05) is 14.2 Å². The first kappa shape index (κ1) is 19.3. The van der Waals surface area contributed by atoms with Crippen LogP contribution < -0.4 is 9.47 Å². The highest BCUT2D eigenvalue weighted by atomic mass is 32.1. The smallest absolute Gasteiger partial charge is 0.274 e. The van der Waals surface area contributed by atoms with Gasteiger partial charge in [0.15, 0.2) is 17.2 Å². The first-order valence-corrected chi connectivity index (χ1v) is 10.1. The summed E-state index contributed by atoms with van der Waals surface area (Å²) < 4.78 is 12.9. The molecular weight excluding hydrogens is 390 g/mol. The number of nitrogens with zero attached hydrogens (tertiary/aromatic N) is 3. The van der Waals surface area contributed by atoms with Gasteiger partial charge in [0.2, 0.25) is 0 Å². The lowest BCUT2D eigenvalue weighted by Crippen LogP contribution is -2.43. The molecule has 0 fully saturated rings. The van der Waals surface area contributed by atoms with E-state index in [1.54, 1.807) is 40.1 Å². The van der Waals surface area contributed by atoms with Crippen molar-refractivity contribution in [1.82, 2.24) is 14.7 Å². The minimum Gasteiger partial charge on any atom is -0.504 e. The highest BCUT2D eigenvalue weighted by Gasteiger charge is 2.34. The number of rotatable bonds is 3. The average molecular weight is 413 g/mol. The van der Waals surface area contributed by atoms with Gasteiger partial charge in [0.25, 0.3) is 5.91 Å². The Labute approximate surface area is 173 Å². The summed E-state index contributed by atoms with van der Waals surface area (Å²) in [6.07, 6.45) is 0. The van der Waals surface area contributed by atoms with E-state index in [4.69, 9.17) is 9.47 Å². The maximum Gasteiger partial charge on any atom is 0.274 e. The molecule has 1 aliphatic rings. The van der Waals surface area contributed by atoms with Crippen LogP contribution in [0.4, 0.5) is 0 Å². The summed E-state index contributed by atoms with van der Waals surface area (Å²) in [5.74, 6) is 0.734. The monoisotopic (exact) mass is 413 g/mol. The summed E-state index contributed by atoms with van der Waals surface area (Å²) in [5, 5.41) is 18.9. The van der Waals surface area contributed by atoms with Gasteiger partial charge < -0.3 is 19.5 Å². The van der Waals surface area contributed by atoms with Crippen LogP contribution in [0.2, 0.25) is 0 Å². The predicted octanol–water partition coefficient (Wildman–Crippen LogP) is 4.08. The third-order valence-corrected chi connectivity index (χ3v) is 5.83. The molecule has 0 radical (unpaired) electrons. The Morgan fingerprint density at radius 2 is 2.14 bits per heavy atom. The molecule has 4 rings (SSSR count). The summed E-state index contributed by atoms with van der Waals surface area (Å²) >= 11 is 1.55. The van der Waals surface area contributed by atoms with Crippen LogP contribution in [0.1, 0.15) is 36.8 Å². The van der Waals surface area contributed by atoms with Crippen LogP contribution in [-0.4, -0.2) is 45.4 Å². The maximum absolute atomic E-state index is 13.3. The molecule has 8 heteroatoms. The van der Waals surface area contributed by atoms with Gasteiger partial charge in [-0.05, 0) is 38.3 Å². The molecule has 1 aromatic carbocycles. The second-order valence-corrected chi connectivity index (χ2v) is 8.69. The quantitative estimate of drug-likeness (QED) is 0.700. The van der Waals surface area contributed by atoms with Gasteiger partial charge in [-0.15, -0.1) is 0 Å². The maximum atomic E-state index is 13.3. The highest BCUT2D eigenvalue weighted by molar-refractivity contribution is 7.08. The molecule has 0 saturated heterocycles. The number of aromatic hydroxyl groups is 1. The number of methoxy groups -OCH3 is 1. The largest absolute Gasteiger partial charge is 0.504 e. The predicted molar refractivity (Wildman–Crippen MR) is 111 cm³/mol. The topological polar surface area (TPSA) is 76.8 Å². The minimum absolute atomic E-state index is 0.000421. The van der Waals surface area contributed by atoms with E-state index in [0.29, 0.717) is 28.3 Å². The van der Waals surface area contributed by atoms with Crippen molar-refractivity contribution in [3.05, 3.63) is 40.2 Å². The molecule has 2 aromatic heterocycles. The van der Waals surface area contributed by atoms with E-state index in [1.807, 2.05) is 37.6 Å². The van der Waals surface area contributed by atoms with Crippen LogP contribution in [0.5, 0.6) is 17.2 Å². The van der Waals surface area contributed by atoms with Crippen molar-refractivity contribution in [2.45, 2.75) is 32.9 Å². The number of benzene rings is 1. The van der Waals surface area contributed by atoms with Gasteiger partial charge in [0.05, 0.1) is 18.5 Å². The van der Waals surface area contributed by atoms with Crippen LogP contribution in [-0.2, 0) is 6.61 Å². The molecule has 29 heavy (non-hydrogen) atoms. The second-order valence-electron chi connectivity index (χ2n) is 7.91. The van der Waals surface area contributed by atoms with Crippen molar-refractivity contribution in [1.29, 1.82) is 0 Å². The number of phenols is 1. The van der Waals surface area contributed by atoms with Crippen molar-refractivity contribution < 1.29 is 19.4 Å². The van der Waals surface area contributed by atoms with E-state index < -0.39 is 0 Å². The Morgan fingerprint density at radius 1 is 1.38 bits per heavy atom. The molecule has 3 aromatic rings. The number of thiophene rings is 1. The van der Waals surface area contributed by atoms with E-state index >= 15 is 0 Å². The van der Waals surface area contributed by atoms with Crippen molar-refractivity contribution in [3.8, 4) is 34.2 Å². The molecule has 1 amide bonds. The third kappa shape index (κ3) is 3.13. The van der Waals surface area contributed by atoms with Crippen LogP contribution in [0, 0.1) is 0 Å². The first-order valence-electron chi connectivity index (χ1n) is 9.19. The zero-order chi connectivity index (χ0) is 20.9. The Morgan fingerprint density at radius 3 is 2.76 bits per heavy atom. The van der Waals surface area contributed by atoms with E-state index in [9.17, 15) is 9.90 Å². The second kappa shape index (κ2) is 6.81. The fourth-order valence-corrected chi connectivity index (χ4v) is 3.85. The lowest BCUT2D eigenvalue weighted by Gasteiger charge is -2.31. The van der Waals surface area contributed by atoms with Gasteiger partial charge in [0.1, 0.15) is 12.4 Å². The van der Waals surface area contributed by atoms with Crippen molar-refractivity contribution >= 4 is 17.2 Å². The normalized spacial score (nSPS) is 12.7. The van der Waals surface area contributed by atoms with Crippen molar-refractivity contribution in [2.24, 2.45) is 0 Å². The van der Waals surface area contributed by atoms with Crippen molar-refractivity contribution in [3.63, 3.8) is 0 Å². The van der Waals surface area contributed by atoms with Crippen LogP contribution in [0.15, 0.2) is 29.0 Å². The van der Waals surface area contributed by atoms with Gasteiger partial charge in [-0.25, -0.2) is 4.68 Å². The summed E-state index contributed by atoms with van der Waals surface area (Å²) in [4.78, 5) is 14.9. The van der Waals surface area contributed by atoms with Crippen LogP contribution in [0.25, 0.3) is 16.9 Å². The van der Waals surface area contributed by atoms with Crippen LogP contribution in [0.3, 0.4) is 0 Å². The van der Waals surface area contributed by atoms with Crippen LogP contribution >= 0.6 is 11.3 Å². The molecule has 7 nitrogen and oxygen atoms in total. The molecule has 0 unspecified atom stereocenters. The number of hydrogen-bond acceptors (Lipinski definition) is 6. The summed E-state index contributed by atoms with van der Waals surface area (Å²) in [6.45, 7) is 6.13. The third-order valence-electron chi connectivity index (χ3n) is 5.16. The number of aromatic nitrogens is 2. The van der Waals surface area contributed by atoms with E-state index in [-0.39, 0.29) is 23.8 Å². The fraction of sp³-hybridized carbons (Fsp3) is 0.333. The zero-order valence-electron chi connectivity index (χ0n) is 17.0. The number of hydrogen-bond donors (Lipinski definition) is 1. The SMILES string of the molecule is COc1cc2c(cc1O)-c1c(c(C(=O)N(C)C(C)(C)C)nn1-c1ccsc1)CO2. The average Bonchev–Trinajstić information content (AvgIpc) is 3.33. The van der Waals surface area contributed by atoms with Gasteiger partial charge in [0, 0.05) is 35.2 Å². The molecule has 1 N–H and O–H groups in total. The minimum atomic E-state index is -0.352. The molecule has 1 aliphatic heterocycles. The van der Waals surface area contributed by atoms with E-state index in [0.717, 1.165) is 11.4 Å². The Bertz CT molecular complexity index is 1080. The molecule has 152 valence electrons. The fourth-order valence-electron chi connectivity index (χ4n) is 3.23. The zero-order valence-corrected chi connectivity index (χ0v) is 17.8. The molecule has 0 atom stereocenters.